The Bertz CT molecular complexity index is 160. The number of alkyl halides is 1. The smallest absolute Gasteiger partial charge is 0.405 e. The lowest BCUT2D eigenvalue weighted by molar-refractivity contribution is -0.0625. The van der Waals surface area contributed by atoms with Crippen molar-refractivity contribution in [1.82, 2.24) is 0 Å². The molecule has 0 spiro atoms. The summed E-state index contributed by atoms with van der Waals surface area (Å²) in [4.78, 5) is 10.3. The molecule has 1 amide bonds. The predicted octanol–water partition coefficient (Wildman–Crippen LogP) is 1.61. The molecule has 3 nitrogen and oxygen atoms in total. The highest BCUT2D eigenvalue weighted by atomic mass is 19.1. The number of hydrogen-bond donors (Lipinski definition) is 1. The van der Waals surface area contributed by atoms with Crippen LogP contribution in [0.3, 0.4) is 0 Å². The van der Waals surface area contributed by atoms with Gasteiger partial charge in [0.05, 0.1) is 0 Å². The van der Waals surface area contributed by atoms with Gasteiger partial charge in [0, 0.05) is 0 Å². The molecule has 0 aromatic carbocycles. The van der Waals surface area contributed by atoms with Gasteiger partial charge in [-0.3, -0.25) is 0 Å². The first-order valence-corrected chi connectivity index (χ1v) is 3.34. The first-order valence-electron chi connectivity index (χ1n) is 3.34. The summed E-state index contributed by atoms with van der Waals surface area (Å²) in [5.74, 6) is 0. The summed E-state index contributed by atoms with van der Waals surface area (Å²) in [5, 5.41) is 0. The van der Waals surface area contributed by atoms with Crippen molar-refractivity contribution >= 4 is 6.09 Å². The van der Waals surface area contributed by atoms with Crippen molar-refractivity contribution in [2.45, 2.75) is 39.0 Å². The van der Waals surface area contributed by atoms with Crippen molar-refractivity contribution in [2.24, 2.45) is 5.73 Å². The Morgan fingerprint density at radius 2 is 1.73 bits per heavy atom. The number of primary amides is 1. The minimum Gasteiger partial charge on any atom is -0.440 e. The average Bonchev–Trinajstić information content (AvgIpc) is 1.56. The number of hydrogen-bond acceptors (Lipinski definition) is 2. The number of rotatable bonds is 2. The second-order valence-corrected chi connectivity index (χ2v) is 3.40. The van der Waals surface area contributed by atoms with Crippen molar-refractivity contribution in [3.05, 3.63) is 0 Å². The first-order chi connectivity index (χ1) is 4.67. The summed E-state index contributed by atoms with van der Waals surface area (Å²) in [6.45, 7) is 5.60. The van der Waals surface area contributed by atoms with Crippen LogP contribution in [0.15, 0.2) is 0 Å². The molecule has 0 aromatic rings. The summed E-state index contributed by atoms with van der Waals surface area (Å²) >= 11 is 0. The van der Waals surface area contributed by atoms with Gasteiger partial charge in [0.15, 0.2) is 0 Å². The second-order valence-electron chi connectivity index (χ2n) is 3.40. The Labute approximate surface area is 65.7 Å². The molecule has 0 aromatic heterocycles. The van der Waals surface area contributed by atoms with Crippen molar-refractivity contribution < 1.29 is 13.9 Å². The molecule has 4 heteroatoms. The fourth-order valence-electron chi connectivity index (χ4n) is 0.373. The third-order valence-electron chi connectivity index (χ3n) is 1.79. The van der Waals surface area contributed by atoms with Crippen molar-refractivity contribution in [3.63, 3.8) is 0 Å². The van der Waals surface area contributed by atoms with Crippen LogP contribution in [0.25, 0.3) is 0 Å². The summed E-state index contributed by atoms with van der Waals surface area (Å²) in [7, 11) is 0. The molecule has 0 rings (SSSR count). The van der Waals surface area contributed by atoms with E-state index in [-0.39, 0.29) is 0 Å². The van der Waals surface area contributed by atoms with Gasteiger partial charge in [0.25, 0.3) is 0 Å². The van der Waals surface area contributed by atoms with E-state index in [1.807, 2.05) is 0 Å². The van der Waals surface area contributed by atoms with Gasteiger partial charge in [-0.2, -0.15) is 0 Å². The zero-order valence-corrected chi connectivity index (χ0v) is 7.27. The molecule has 0 fully saturated rings. The van der Waals surface area contributed by atoms with Gasteiger partial charge in [-0.25, -0.2) is 9.18 Å². The van der Waals surface area contributed by atoms with E-state index in [2.05, 4.69) is 4.74 Å². The Hall–Kier alpha value is -0.800. The summed E-state index contributed by atoms with van der Waals surface area (Å²) in [6, 6.07) is 0. The maximum Gasteiger partial charge on any atom is 0.405 e. The Morgan fingerprint density at radius 3 is 1.82 bits per heavy atom. The maximum atomic E-state index is 13.2. The highest BCUT2D eigenvalue weighted by molar-refractivity contribution is 5.65. The van der Waals surface area contributed by atoms with E-state index in [4.69, 9.17) is 5.73 Å². The lowest BCUT2D eigenvalue weighted by Gasteiger charge is -2.33. The maximum absolute atomic E-state index is 13.2. The van der Waals surface area contributed by atoms with E-state index < -0.39 is 17.4 Å². The summed E-state index contributed by atoms with van der Waals surface area (Å²) in [6.07, 6.45) is -0.958. The van der Waals surface area contributed by atoms with Gasteiger partial charge in [0.1, 0.15) is 11.3 Å². The van der Waals surface area contributed by atoms with Crippen LogP contribution < -0.4 is 5.73 Å². The lowest BCUT2D eigenvalue weighted by Crippen LogP contribution is -2.46. The van der Waals surface area contributed by atoms with E-state index in [1.165, 1.54) is 27.7 Å². The SMILES string of the molecule is CC(C)(F)C(C)(C)OC(N)=O. The van der Waals surface area contributed by atoms with Crippen LogP contribution >= 0.6 is 0 Å². The molecular weight excluding hydrogens is 149 g/mol. The summed E-state index contributed by atoms with van der Waals surface area (Å²) < 4.78 is 17.8. The minimum absolute atomic E-state index is 0.958. The fraction of sp³-hybridized carbons (Fsp3) is 0.857. The normalized spacial score (nSPS) is 12.8. The van der Waals surface area contributed by atoms with Crippen LogP contribution in [0.5, 0.6) is 0 Å². The summed E-state index contributed by atoms with van der Waals surface area (Å²) in [5.41, 5.74) is 1.97. The molecule has 0 saturated carbocycles. The molecule has 2 N–H and O–H groups in total. The van der Waals surface area contributed by atoms with E-state index in [9.17, 15) is 9.18 Å². The standard InChI is InChI=1S/C7H14FNO2/c1-6(2,8)7(3,4)11-5(9)10/h1-4H3,(H2,9,10). The van der Waals surface area contributed by atoms with E-state index in [0.717, 1.165) is 0 Å². The number of carbonyl (C=O) groups is 1. The van der Waals surface area contributed by atoms with Crippen molar-refractivity contribution in [3.8, 4) is 0 Å². The zero-order valence-electron chi connectivity index (χ0n) is 7.27. The first kappa shape index (κ1) is 10.2. The number of amides is 1. The highest BCUT2D eigenvalue weighted by Gasteiger charge is 2.40. The van der Waals surface area contributed by atoms with Gasteiger partial charge in [-0.15, -0.1) is 0 Å². The molecule has 0 bridgehead atoms. The van der Waals surface area contributed by atoms with Crippen LogP contribution in [-0.4, -0.2) is 17.4 Å². The van der Waals surface area contributed by atoms with E-state index in [1.54, 1.807) is 0 Å². The predicted molar refractivity (Wildman–Crippen MR) is 39.9 cm³/mol. The Kier molecular flexibility index (Phi) is 2.48. The van der Waals surface area contributed by atoms with Crippen molar-refractivity contribution in [2.75, 3.05) is 0 Å². The number of halogens is 1. The molecular formula is C7H14FNO2. The minimum atomic E-state index is -1.60. The van der Waals surface area contributed by atoms with Crippen LogP contribution in [0.1, 0.15) is 27.7 Å². The van der Waals surface area contributed by atoms with Gasteiger partial charge in [-0.05, 0) is 27.7 Å². The zero-order chi connectivity index (χ0) is 9.28. The molecule has 0 aliphatic rings. The van der Waals surface area contributed by atoms with Gasteiger partial charge >= 0.3 is 6.09 Å². The van der Waals surface area contributed by atoms with Crippen LogP contribution in [-0.2, 0) is 4.74 Å². The lowest BCUT2D eigenvalue weighted by atomic mass is 9.91. The molecule has 0 radical (unpaired) electrons. The topological polar surface area (TPSA) is 52.3 Å². The van der Waals surface area contributed by atoms with Crippen molar-refractivity contribution in [1.29, 1.82) is 0 Å². The highest BCUT2D eigenvalue weighted by Crippen LogP contribution is 2.28. The number of nitrogens with two attached hydrogens (primary N) is 1. The molecule has 0 unspecified atom stereocenters. The average molecular weight is 163 g/mol. The molecule has 66 valence electrons. The van der Waals surface area contributed by atoms with E-state index in [0.29, 0.717) is 0 Å². The third-order valence-corrected chi connectivity index (χ3v) is 1.79. The third kappa shape index (κ3) is 2.74. The number of ether oxygens (including phenoxy) is 1. The van der Waals surface area contributed by atoms with E-state index >= 15 is 0 Å². The monoisotopic (exact) mass is 163 g/mol. The van der Waals surface area contributed by atoms with Crippen LogP contribution in [0, 0.1) is 0 Å². The Balaban J connectivity index is 4.34. The molecule has 0 saturated heterocycles. The van der Waals surface area contributed by atoms with Gasteiger partial charge < -0.3 is 10.5 Å². The fourth-order valence-corrected chi connectivity index (χ4v) is 0.373. The number of carbonyl (C=O) groups excluding carboxylic acids is 1. The largest absolute Gasteiger partial charge is 0.440 e. The molecule has 0 atom stereocenters. The Morgan fingerprint density at radius 1 is 1.36 bits per heavy atom. The molecule has 0 aliphatic heterocycles. The van der Waals surface area contributed by atoms with Crippen LogP contribution in [0.4, 0.5) is 9.18 Å². The van der Waals surface area contributed by atoms with Gasteiger partial charge in [-0.1, -0.05) is 0 Å². The molecule has 11 heavy (non-hydrogen) atoms. The molecule has 0 aliphatic carbocycles. The van der Waals surface area contributed by atoms with Gasteiger partial charge in [0.2, 0.25) is 0 Å². The molecule has 0 heterocycles. The van der Waals surface area contributed by atoms with Crippen LogP contribution in [0.2, 0.25) is 0 Å². The second kappa shape index (κ2) is 2.68. The quantitative estimate of drug-likeness (QED) is 0.672.